The molecule has 0 aliphatic heterocycles. The normalized spacial score (nSPS) is 13.3. The summed E-state index contributed by atoms with van der Waals surface area (Å²) < 4.78 is 29.7. The zero-order chi connectivity index (χ0) is 29.4. The molecule has 0 saturated heterocycles. The molecule has 2 aromatic heterocycles. The zero-order valence-electron chi connectivity index (χ0n) is 22.1. The van der Waals surface area contributed by atoms with Crippen molar-refractivity contribution in [1.82, 2.24) is 9.97 Å². The highest BCUT2D eigenvalue weighted by molar-refractivity contribution is 9.10. The molecule has 1 amide bonds. The van der Waals surface area contributed by atoms with Crippen LogP contribution in [0.15, 0.2) is 63.5 Å². The van der Waals surface area contributed by atoms with Crippen molar-refractivity contribution < 1.29 is 13.6 Å². The minimum absolute atomic E-state index is 0.343. The van der Waals surface area contributed by atoms with Crippen molar-refractivity contribution in [2.75, 3.05) is 11.1 Å². The quantitative estimate of drug-likeness (QED) is 0.190. The molecule has 2 aliphatic rings. The average Bonchev–Trinajstić information content (AvgIpc) is 3.42. The highest BCUT2D eigenvalue weighted by Crippen LogP contribution is 2.41. The molecule has 0 fully saturated rings. The van der Waals surface area contributed by atoms with Crippen LogP contribution < -0.4 is 11.1 Å². The number of aryl methyl sites for hydroxylation is 4. The Morgan fingerprint density at radius 2 is 1.33 bits per heavy atom. The Morgan fingerprint density at radius 3 is 1.93 bits per heavy atom. The Kier molecular flexibility index (Phi) is 8.53. The van der Waals surface area contributed by atoms with E-state index in [1.165, 1.54) is 44.7 Å². The lowest BCUT2D eigenvalue weighted by Gasteiger charge is -2.06. The summed E-state index contributed by atoms with van der Waals surface area (Å²) in [6.07, 6.45) is 6.04. The van der Waals surface area contributed by atoms with E-state index in [0.29, 0.717) is 10.3 Å². The van der Waals surface area contributed by atoms with E-state index in [4.69, 9.17) is 5.73 Å². The van der Waals surface area contributed by atoms with Crippen LogP contribution in [0.3, 0.4) is 0 Å². The van der Waals surface area contributed by atoms with Crippen LogP contribution in [-0.2, 0) is 25.7 Å². The first kappa shape index (κ1) is 29.1. The van der Waals surface area contributed by atoms with Crippen molar-refractivity contribution in [1.29, 1.82) is 0 Å². The molecule has 214 valence electrons. The number of nitrogens with zero attached hydrogens (tertiary/aromatic N) is 2. The zero-order valence-corrected chi connectivity index (χ0v) is 27.0. The highest BCUT2D eigenvalue weighted by atomic mass is 79.9. The maximum Gasteiger partial charge on any atom is 0.263 e. The molecule has 5 aromatic rings. The fraction of sp³-hybridized carbons (Fsp3) is 0.194. The van der Waals surface area contributed by atoms with Crippen LogP contribution in [0.1, 0.15) is 45.7 Å². The first-order chi connectivity index (χ1) is 20.3. The number of rotatable bonds is 2. The first-order valence-corrected chi connectivity index (χ1v) is 16.6. The Labute approximate surface area is 266 Å². The van der Waals surface area contributed by atoms with E-state index < -0.39 is 23.1 Å². The van der Waals surface area contributed by atoms with Crippen LogP contribution in [0.4, 0.5) is 19.0 Å². The van der Waals surface area contributed by atoms with Gasteiger partial charge in [0, 0.05) is 8.95 Å². The molecule has 2 heterocycles. The number of aromatic nitrogens is 2. The van der Waals surface area contributed by atoms with Crippen molar-refractivity contribution in [2.24, 2.45) is 0 Å². The summed E-state index contributed by atoms with van der Waals surface area (Å²) in [5.41, 5.74) is 12.3. The monoisotopic (exact) mass is 728 g/mol. The predicted octanol–water partition coefficient (Wildman–Crippen LogP) is 9.24. The maximum atomic E-state index is 13.8. The molecule has 2 aliphatic carbocycles. The van der Waals surface area contributed by atoms with E-state index in [2.05, 4.69) is 71.4 Å². The van der Waals surface area contributed by atoms with Gasteiger partial charge in [-0.15, -0.1) is 0 Å². The number of nitrogens with two attached hydrogens (primary N) is 1. The lowest BCUT2D eigenvalue weighted by molar-refractivity contribution is 0.101. The summed E-state index contributed by atoms with van der Waals surface area (Å²) in [6, 6.07) is 16.0. The summed E-state index contributed by atoms with van der Waals surface area (Å²) in [5, 5.41) is 3.56. The number of thiazole rings is 2. The van der Waals surface area contributed by atoms with Crippen LogP contribution in [0, 0.1) is 11.6 Å². The van der Waals surface area contributed by atoms with Crippen molar-refractivity contribution in [3.8, 4) is 20.9 Å². The number of halogens is 4. The largest absolute Gasteiger partial charge is 0.375 e. The van der Waals surface area contributed by atoms with Gasteiger partial charge in [0.05, 0.1) is 21.1 Å². The van der Waals surface area contributed by atoms with E-state index in [1.807, 2.05) is 12.1 Å². The molecule has 7 rings (SSSR count). The summed E-state index contributed by atoms with van der Waals surface area (Å²) in [4.78, 5) is 23.5. The fourth-order valence-electron chi connectivity index (χ4n) is 5.26. The minimum Gasteiger partial charge on any atom is -0.375 e. The molecule has 42 heavy (non-hydrogen) atoms. The number of amides is 1. The lowest BCUT2D eigenvalue weighted by atomic mass is 10.0. The summed E-state index contributed by atoms with van der Waals surface area (Å²) in [6.45, 7) is 0. The summed E-state index contributed by atoms with van der Waals surface area (Å²) >= 11 is 9.95. The second-order valence-electron chi connectivity index (χ2n) is 9.98. The Hall–Kier alpha value is -2.99. The number of hydrogen-bond acceptors (Lipinski definition) is 6. The van der Waals surface area contributed by atoms with Gasteiger partial charge in [0.15, 0.2) is 10.3 Å². The minimum atomic E-state index is -0.894. The molecule has 0 spiro atoms. The SMILES string of the molecule is Nc1nc2c(s1)-c1cc(Br)ccc1CCC2.O=C(Nc1nc2c(s1)-c1cc(Br)ccc1CCC2)c1c(F)cccc1F. The number of anilines is 2. The Balaban J connectivity index is 0.000000168. The number of nitrogens with one attached hydrogen (secondary N) is 1. The number of carbonyl (C=O) groups excluding carboxylic acids is 1. The van der Waals surface area contributed by atoms with Gasteiger partial charge in [-0.25, -0.2) is 18.7 Å². The van der Waals surface area contributed by atoms with Gasteiger partial charge in [-0.1, -0.05) is 72.7 Å². The van der Waals surface area contributed by atoms with E-state index in [0.717, 1.165) is 75.7 Å². The number of hydrogen-bond donors (Lipinski definition) is 2. The second kappa shape index (κ2) is 12.3. The summed E-state index contributed by atoms with van der Waals surface area (Å²) in [7, 11) is 0. The molecule has 3 N–H and O–H groups in total. The van der Waals surface area contributed by atoms with Gasteiger partial charge in [-0.2, -0.15) is 0 Å². The van der Waals surface area contributed by atoms with Gasteiger partial charge in [-0.3, -0.25) is 10.1 Å². The smallest absolute Gasteiger partial charge is 0.263 e. The van der Waals surface area contributed by atoms with E-state index in [1.54, 1.807) is 11.3 Å². The van der Waals surface area contributed by atoms with Crippen LogP contribution in [0.2, 0.25) is 0 Å². The highest BCUT2D eigenvalue weighted by Gasteiger charge is 2.23. The fourth-order valence-corrected chi connectivity index (χ4v) is 7.97. The van der Waals surface area contributed by atoms with Gasteiger partial charge < -0.3 is 5.73 Å². The molecule has 3 aromatic carbocycles. The molecule has 5 nitrogen and oxygen atoms in total. The third kappa shape index (κ3) is 6.06. The molecule has 0 atom stereocenters. The van der Waals surface area contributed by atoms with Crippen molar-refractivity contribution >= 4 is 70.7 Å². The number of fused-ring (bicyclic) bond motifs is 6. The van der Waals surface area contributed by atoms with Crippen molar-refractivity contribution in [3.05, 3.63) is 103 Å². The summed E-state index contributed by atoms with van der Waals surface area (Å²) in [5.74, 6) is -2.62. The molecular weight excluding hydrogens is 706 g/mol. The topological polar surface area (TPSA) is 80.9 Å². The number of benzene rings is 3. The van der Waals surface area contributed by atoms with Crippen LogP contribution in [0.5, 0.6) is 0 Å². The molecule has 0 radical (unpaired) electrons. The van der Waals surface area contributed by atoms with E-state index in [-0.39, 0.29) is 0 Å². The third-order valence-corrected chi connectivity index (χ3v) is 10.2. The van der Waals surface area contributed by atoms with Crippen LogP contribution in [0.25, 0.3) is 20.9 Å². The maximum absolute atomic E-state index is 13.8. The van der Waals surface area contributed by atoms with E-state index in [9.17, 15) is 13.6 Å². The Morgan fingerprint density at radius 1 is 0.786 bits per heavy atom. The van der Waals surface area contributed by atoms with Crippen LogP contribution in [-0.4, -0.2) is 15.9 Å². The van der Waals surface area contributed by atoms with Gasteiger partial charge in [0.1, 0.15) is 17.2 Å². The average molecular weight is 730 g/mol. The number of nitrogen functional groups attached to an aromatic ring is 1. The number of carbonyl (C=O) groups is 1. The molecule has 0 bridgehead atoms. The Bertz CT molecular complexity index is 1800. The lowest BCUT2D eigenvalue weighted by Crippen LogP contribution is -2.15. The molecular formula is C31H24Br2F2N4OS2. The third-order valence-electron chi connectivity index (χ3n) is 7.17. The second-order valence-corrected chi connectivity index (χ2v) is 13.8. The predicted molar refractivity (Wildman–Crippen MR) is 173 cm³/mol. The van der Waals surface area contributed by atoms with Gasteiger partial charge in [0.25, 0.3) is 5.91 Å². The standard InChI is InChI=1S/C19H13BrF2N2OS.C12H11BrN2S/c20-11-8-7-10-3-1-6-15-17(12(10)9-11)26-19(23-15)24-18(25)16-13(21)4-2-5-14(16)22;13-8-5-4-7-2-1-3-10-11(9(7)6-8)16-12(14)15-10/h2,4-5,7-9H,1,3,6H2,(H,23,24,25);4-6H,1-3H2,(H2,14,15). The van der Waals surface area contributed by atoms with Crippen molar-refractivity contribution in [2.45, 2.75) is 38.5 Å². The van der Waals surface area contributed by atoms with Gasteiger partial charge in [-0.05, 0) is 97.2 Å². The molecule has 11 heteroatoms. The van der Waals surface area contributed by atoms with Crippen LogP contribution >= 0.6 is 54.5 Å². The van der Waals surface area contributed by atoms with Crippen molar-refractivity contribution in [3.63, 3.8) is 0 Å². The van der Waals surface area contributed by atoms with Gasteiger partial charge in [0.2, 0.25) is 0 Å². The molecule has 0 unspecified atom stereocenters. The first-order valence-electron chi connectivity index (χ1n) is 13.3. The molecule has 0 saturated carbocycles. The van der Waals surface area contributed by atoms with E-state index >= 15 is 0 Å². The van der Waals surface area contributed by atoms with Gasteiger partial charge >= 0.3 is 0 Å².